The molecule has 0 bridgehead atoms. The molecule has 3 aliphatic rings. The Balaban J connectivity index is 1.45. The Bertz CT molecular complexity index is 2220. The van der Waals surface area contributed by atoms with Crippen LogP contribution in [0.25, 0.3) is 10.8 Å². The van der Waals surface area contributed by atoms with Crippen LogP contribution in [0.1, 0.15) is 154 Å². The molecule has 3 aromatic rings. The Morgan fingerprint density at radius 1 is 0.915 bits per heavy atom. The highest BCUT2D eigenvalue weighted by Crippen LogP contribution is 2.62. The quantitative estimate of drug-likeness (QED) is 0.0267. The van der Waals surface area contributed by atoms with E-state index >= 15 is 0 Å². The number of amides is 2. The molecule has 0 spiro atoms. The first-order chi connectivity index (χ1) is 34.5. The van der Waals surface area contributed by atoms with Gasteiger partial charge < -0.3 is 39.3 Å². The average Bonchev–Trinajstić information content (AvgIpc) is 3.36. The smallest absolute Gasteiger partial charge is 0.412 e. The van der Waals surface area contributed by atoms with Gasteiger partial charge in [-0.05, 0) is 105 Å². The molecule has 1 heterocycles. The highest BCUT2D eigenvalue weighted by atomic mass is 35.5. The third kappa shape index (κ3) is 15.0. The fourth-order valence-electron chi connectivity index (χ4n) is 11.0. The van der Waals surface area contributed by atoms with E-state index in [0.717, 1.165) is 72.4 Å². The number of aliphatic hydroxyl groups excluding tert-OH is 2. The van der Waals surface area contributed by atoms with Crippen molar-refractivity contribution >= 4 is 40.3 Å². The normalized spacial score (nSPS) is 21.9. The summed E-state index contributed by atoms with van der Waals surface area (Å²) in [5.41, 5.74) is 2.68. The van der Waals surface area contributed by atoms with Gasteiger partial charge in [-0.1, -0.05) is 137 Å². The molecule has 6 atom stereocenters. The minimum atomic E-state index is -1.52. The van der Waals surface area contributed by atoms with Gasteiger partial charge in [0.2, 0.25) is 5.79 Å². The highest BCUT2D eigenvalue weighted by Gasteiger charge is 2.66. The number of nitrogens with one attached hydrogen (secondary N) is 1. The zero-order valence-corrected chi connectivity index (χ0v) is 43.8. The SMILES string of the molecule is C=CCOC12Oc3ccc(OC(=O)NCCCCCCCCCCCC)cc3C3C(CCCCO)C(CCCCO)C=C(C(=NOC(C)(C)C)CC1N(Cc1cccc4ccccc14)C(=O)OCCCl)C32. The Labute approximate surface area is 428 Å². The van der Waals surface area contributed by atoms with Crippen LogP contribution in [0.2, 0.25) is 0 Å². The molecular formula is C58H82ClN3O9. The number of halogens is 1. The number of ether oxygens (including phenoxy) is 4. The molecule has 1 saturated carbocycles. The van der Waals surface area contributed by atoms with Crippen molar-refractivity contribution in [3.8, 4) is 11.5 Å². The van der Waals surface area contributed by atoms with Crippen LogP contribution in [0.4, 0.5) is 9.59 Å². The van der Waals surface area contributed by atoms with Gasteiger partial charge in [0.15, 0.2) is 0 Å². The largest absolute Gasteiger partial charge is 0.459 e. The van der Waals surface area contributed by atoms with Crippen LogP contribution in [0, 0.1) is 17.8 Å². The highest BCUT2D eigenvalue weighted by molar-refractivity contribution is 6.18. The number of nitrogens with zero attached hydrogens (tertiary/aromatic N) is 2. The lowest BCUT2D eigenvalue weighted by molar-refractivity contribution is -0.256. The Kier molecular flexibility index (Phi) is 22.0. The summed E-state index contributed by atoms with van der Waals surface area (Å²) in [5, 5.41) is 30.0. The van der Waals surface area contributed by atoms with Crippen molar-refractivity contribution in [2.75, 3.05) is 38.9 Å². The number of rotatable bonds is 29. The number of hydrogen-bond acceptors (Lipinski definition) is 10. The summed E-state index contributed by atoms with van der Waals surface area (Å²) >= 11 is 6.18. The number of carbonyl (C=O) groups is 2. The molecule has 3 aromatic carbocycles. The first-order valence-electron chi connectivity index (χ1n) is 26.7. The molecule has 1 aliphatic heterocycles. The van der Waals surface area contributed by atoms with Crippen molar-refractivity contribution in [1.29, 1.82) is 0 Å². The molecule has 390 valence electrons. The van der Waals surface area contributed by atoms with Crippen molar-refractivity contribution in [3.05, 3.63) is 96.1 Å². The van der Waals surface area contributed by atoms with E-state index in [9.17, 15) is 19.8 Å². The molecule has 12 nitrogen and oxygen atoms in total. The van der Waals surface area contributed by atoms with Crippen molar-refractivity contribution in [2.45, 2.75) is 167 Å². The summed E-state index contributed by atoms with van der Waals surface area (Å²) in [6.07, 6.45) is 19.5. The molecule has 0 radical (unpaired) electrons. The first kappa shape index (κ1) is 55.7. The van der Waals surface area contributed by atoms with Crippen molar-refractivity contribution in [1.82, 2.24) is 10.2 Å². The standard InChI is InChI=1S/C58H82ClN3O9/c1-6-8-9-10-11-12-13-14-15-20-33-60-55(65)69-45-30-31-51-49(39-45)53-47(29-19-22-35-64)43(25-18-21-34-63)38-48-50(61-71-57(3,4)5)40-52(58(70-51,54(48)53)68-36-7-2)62(56(66)67-37-32-59)41-44-27-23-26-42-24-16-17-28-46(42)44/h7,16-17,23-24,26-28,30-31,38-39,43,47,52-54,63-64H,2,6,8-15,18-22,25,29,32-37,40-41H2,1,3-5H3,(H,60,65). The molecule has 6 rings (SSSR count). The van der Waals surface area contributed by atoms with Crippen LogP contribution in [0.3, 0.4) is 0 Å². The number of hydrogen-bond donors (Lipinski definition) is 3. The van der Waals surface area contributed by atoms with Crippen LogP contribution >= 0.6 is 11.6 Å². The van der Waals surface area contributed by atoms with Gasteiger partial charge in [0.05, 0.1) is 30.7 Å². The topological polar surface area (TPSA) is 148 Å². The van der Waals surface area contributed by atoms with E-state index in [-0.39, 0.29) is 63.0 Å². The number of unbranched alkanes of at least 4 members (excludes halogenated alkanes) is 11. The third-order valence-electron chi connectivity index (χ3n) is 14.2. The maximum Gasteiger partial charge on any atom is 0.412 e. The maximum absolute atomic E-state index is 14.9. The predicted octanol–water partition coefficient (Wildman–Crippen LogP) is 13.2. The zero-order valence-electron chi connectivity index (χ0n) is 43.0. The second kappa shape index (κ2) is 28.0. The van der Waals surface area contributed by atoms with Gasteiger partial charge in [0, 0.05) is 37.7 Å². The Morgan fingerprint density at radius 3 is 2.32 bits per heavy atom. The number of alkyl halides is 1. The molecule has 0 aromatic heterocycles. The minimum absolute atomic E-state index is 0.00724. The second-order valence-electron chi connectivity index (χ2n) is 20.5. The monoisotopic (exact) mass is 1000 g/mol. The molecule has 0 saturated heterocycles. The number of aliphatic hydroxyl groups is 2. The van der Waals surface area contributed by atoms with E-state index < -0.39 is 35.5 Å². The number of carbonyl (C=O) groups excluding carboxylic acids is 2. The van der Waals surface area contributed by atoms with Crippen molar-refractivity contribution in [3.63, 3.8) is 0 Å². The number of fused-ring (bicyclic) bond motifs is 3. The van der Waals surface area contributed by atoms with E-state index in [4.69, 9.17) is 40.5 Å². The Morgan fingerprint density at radius 2 is 1.62 bits per heavy atom. The summed E-state index contributed by atoms with van der Waals surface area (Å²) in [4.78, 5) is 36.3. The number of oxime groups is 1. The van der Waals surface area contributed by atoms with Gasteiger partial charge in [0.25, 0.3) is 0 Å². The van der Waals surface area contributed by atoms with Gasteiger partial charge in [-0.2, -0.15) is 0 Å². The second-order valence-corrected chi connectivity index (χ2v) is 20.9. The van der Waals surface area contributed by atoms with Gasteiger partial charge >= 0.3 is 12.2 Å². The van der Waals surface area contributed by atoms with E-state index in [0.29, 0.717) is 36.6 Å². The van der Waals surface area contributed by atoms with Gasteiger partial charge in [-0.15, -0.1) is 18.2 Å². The van der Waals surface area contributed by atoms with Crippen LogP contribution in [0.5, 0.6) is 11.5 Å². The molecule has 2 aliphatic carbocycles. The van der Waals surface area contributed by atoms with Crippen LogP contribution < -0.4 is 14.8 Å². The van der Waals surface area contributed by atoms with Gasteiger partial charge in [-0.25, -0.2) is 9.59 Å². The summed E-state index contributed by atoms with van der Waals surface area (Å²) in [6, 6.07) is 18.9. The van der Waals surface area contributed by atoms with Gasteiger partial charge in [0.1, 0.15) is 29.7 Å². The molecule has 3 N–H and O–H groups in total. The molecule has 6 unspecified atom stereocenters. The van der Waals surface area contributed by atoms with E-state index in [1.807, 2.05) is 57.2 Å². The molecule has 71 heavy (non-hydrogen) atoms. The lowest BCUT2D eigenvalue weighted by Crippen LogP contribution is -2.70. The molecule has 2 amide bonds. The number of benzene rings is 3. The van der Waals surface area contributed by atoms with Crippen molar-refractivity contribution < 1.29 is 43.6 Å². The van der Waals surface area contributed by atoms with Crippen LogP contribution in [-0.2, 0) is 20.9 Å². The predicted molar refractivity (Wildman–Crippen MR) is 283 cm³/mol. The van der Waals surface area contributed by atoms with Crippen molar-refractivity contribution in [2.24, 2.45) is 22.9 Å². The van der Waals surface area contributed by atoms with E-state index in [1.165, 1.54) is 44.9 Å². The van der Waals surface area contributed by atoms with Crippen LogP contribution in [0.15, 0.2) is 90.1 Å². The molecule has 1 fully saturated rings. The minimum Gasteiger partial charge on any atom is -0.459 e. The lowest BCUT2D eigenvalue weighted by Gasteiger charge is -2.60. The molecule has 13 heteroatoms. The summed E-state index contributed by atoms with van der Waals surface area (Å²) in [5.74, 6) is -1.38. The molecular weight excluding hydrogens is 918 g/mol. The fraction of sp³-hybridized carbons (Fsp3) is 0.603. The zero-order chi connectivity index (χ0) is 50.6. The van der Waals surface area contributed by atoms with E-state index in [1.54, 1.807) is 17.0 Å². The van der Waals surface area contributed by atoms with Crippen LogP contribution in [-0.4, -0.2) is 89.3 Å². The Hall–Kier alpha value is -4.62. The number of allylic oxidation sites excluding steroid dienone is 1. The van der Waals surface area contributed by atoms with Gasteiger partial charge in [-0.3, -0.25) is 4.90 Å². The maximum atomic E-state index is 14.9. The lowest BCUT2D eigenvalue weighted by atomic mass is 9.55. The first-order valence-corrected chi connectivity index (χ1v) is 27.2. The third-order valence-corrected chi connectivity index (χ3v) is 14.4. The van der Waals surface area contributed by atoms with E-state index in [2.05, 4.69) is 43.1 Å². The average molecular weight is 1000 g/mol. The summed E-state index contributed by atoms with van der Waals surface area (Å²) < 4.78 is 26.6. The summed E-state index contributed by atoms with van der Waals surface area (Å²) in [7, 11) is 0. The summed E-state index contributed by atoms with van der Waals surface area (Å²) in [6.45, 7) is 13.1. The fourth-order valence-corrected chi connectivity index (χ4v) is 11.1.